The monoisotopic (exact) mass is 286 g/mol. The second-order valence-corrected chi connectivity index (χ2v) is 5.80. The zero-order valence-electron chi connectivity index (χ0n) is 11.7. The molecule has 4 heterocycles. The Morgan fingerprint density at radius 1 is 1.29 bits per heavy atom. The van der Waals surface area contributed by atoms with E-state index in [4.69, 9.17) is 4.42 Å². The molecule has 2 saturated heterocycles. The van der Waals surface area contributed by atoms with Crippen LogP contribution in [-0.4, -0.2) is 39.6 Å². The number of nitrogens with zero attached hydrogens (tertiary/aromatic N) is 2. The Labute approximate surface area is 122 Å². The molecule has 21 heavy (non-hydrogen) atoms. The summed E-state index contributed by atoms with van der Waals surface area (Å²) in [4.78, 5) is 14.1. The third-order valence-corrected chi connectivity index (χ3v) is 4.49. The molecular weight excluding hydrogens is 268 g/mol. The first-order valence-electron chi connectivity index (χ1n) is 7.40. The summed E-state index contributed by atoms with van der Waals surface area (Å²) in [6.07, 6.45) is 4.57. The summed E-state index contributed by atoms with van der Waals surface area (Å²) in [5, 5.41) is 9.84. The first-order chi connectivity index (χ1) is 10.3. The highest BCUT2D eigenvalue weighted by Crippen LogP contribution is 2.31. The molecule has 2 aromatic rings. The van der Waals surface area contributed by atoms with Crippen LogP contribution in [0.25, 0.3) is 11.5 Å². The van der Waals surface area contributed by atoms with Crippen molar-refractivity contribution < 1.29 is 9.21 Å². The van der Waals surface area contributed by atoms with Crippen LogP contribution in [0.1, 0.15) is 25.0 Å². The molecule has 0 unspecified atom stereocenters. The van der Waals surface area contributed by atoms with E-state index >= 15 is 0 Å². The summed E-state index contributed by atoms with van der Waals surface area (Å²) in [6.45, 7) is 1.52. The maximum absolute atomic E-state index is 11.7. The average molecular weight is 286 g/mol. The van der Waals surface area contributed by atoms with Crippen molar-refractivity contribution in [2.75, 3.05) is 6.54 Å². The fourth-order valence-electron chi connectivity index (χ4n) is 3.41. The Hall–Kier alpha value is -2.08. The third kappa shape index (κ3) is 2.35. The molecule has 0 saturated carbocycles. The van der Waals surface area contributed by atoms with Crippen LogP contribution in [-0.2, 0) is 11.3 Å². The van der Waals surface area contributed by atoms with Crippen LogP contribution < -0.4 is 5.32 Å². The maximum Gasteiger partial charge on any atom is 0.221 e. The maximum atomic E-state index is 11.7. The quantitative estimate of drug-likeness (QED) is 0.897. The van der Waals surface area contributed by atoms with Crippen LogP contribution in [0.15, 0.2) is 28.8 Å². The van der Waals surface area contributed by atoms with Gasteiger partial charge in [0.2, 0.25) is 5.91 Å². The van der Waals surface area contributed by atoms with Crippen LogP contribution in [0.2, 0.25) is 0 Å². The van der Waals surface area contributed by atoms with Crippen molar-refractivity contribution in [1.82, 2.24) is 20.4 Å². The highest BCUT2D eigenvalue weighted by molar-refractivity contribution is 5.77. The minimum Gasteiger partial charge on any atom is -0.458 e. The van der Waals surface area contributed by atoms with Gasteiger partial charge >= 0.3 is 0 Å². The van der Waals surface area contributed by atoms with Crippen molar-refractivity contribution in [1.29, 1.82) is 0 Å². The van der Waals surface area contributed by atoms with E-state index in [2.05, 4.69) is 20.4 Å². The van der Waals surface area contributed by atoms with Gasteiger partial charge in [-0.1, -0.05) is 0 Å². The summed E-state index contributed by atoms with van der Waals surface area (Å²) in [6, 6.07) is 6.64. The second kappa shape index (κ2) is 5.04. The molecule has 0 aliphatic carbocycles. The highest BCUT2D eigenvalue weighted by Gasteiger charge is 2.37. The smallest absolute Gasteiger partial charge is 0.221 e. The highest BCUT2D eigenvalue weighted by atomic mass is 16.3. The summed E-state index contributed by atoms with van der Waals surface area (Å²) in [5.41, 5.74) is 0.886. The molecule has 2 fully saturated rings. The molecule has 6 nitrogen and oxygen atoms in total. The number of aromatic amines is 1. The average Bonchev–Trinajstić information content (AvgIpc) is 3.15. The van der Waals surface area contributed by atoms with Gasteiger partial charge in [-0.3, -0.25) is 14.8 Å². The van der Waals surface area contributed by atoms with Crippen molar-refractivity contribution in [2.45, 2.75) is 37.9 Å². The molecule has 2 aliphatic heterocycles. The molecule has 110 valence electrons. The van der Waals surface area contributed by atoms with E-state index in [1.807, 2.05) is 18.2 Å². The fraction of sp³-hybridized carbons (Fsp3) is 0.467. The van der Waals surface area contributed by atoms with Crippen LogP contribution in [0, 0.1) is 0 Å². The zero-order chi connectivity index (χ0) is 14.2. The standard InChI is InChI=1S/C15H18N4O2/c20-15-7-10-1-2-11(8-16-15)19(10)9-12-3-4-14(21-12)13-5-6-17-18-13/h3-6,10-11H,1-2,7-9H2,(H,16,20)(H,17,18)/t10-,11+/m0/s1. The molecular formula is C15H18N4O2. The van der Waals surface area contributed by atoms with Crippen molar-refractivity contribution >= 4 is 5.91 Å². The van der Waals surface area contributed by atoms with E-state index in [0.29, 0.717) is 18.5 Å². The molecule has 1 amide bonds. The Morgan fingerprint density at radius 2 is 2.19 bits per heavy atom. The van der Waals surface area contributed by atoms with Gasteiger partial charge in [0.1, 0.15) is 11.5 Å². The first kappa shape index (κ1) is 12.6. The van der Waals surface area contributed by atoms with Gasteiger partial charge in [0, 0.05) is 31.2 Å². The number of nitrogens with one attached hydrogen (secondary N) is 2. The number of carbonyl (C=O) groups excluding carboxylic acids is 1. The molecule has 0 aromatic carbocycles. The predicted molar refractivity (Wildman–Crippen MR) is 76.3 cm³/mol. The zero-order valence-corrected chi connectivity index (χ0v) is 11.7. The molecule has 2 aliphatic rings. The van der Waals surface area contributed by atoms with Gasteiger partial charge in [-0.25, -0.2) is 0 Å². The van der Waals surface area contributed by atoms with Crippen molar-refractivity contribution in [2.24, 2.45) is 0 Å². The lowest BCUT2D eigenvalue weighted by Crippen LogP contribution is -2.37. The molecule has 2 aromatic heterocycles. The normalized spacial score (nSPS) is 25.8. The van der Waals surface area contributed by atoms with Crippen molar-refractivity contribution in [3.63, 3.8) is 0 Å². The summed E-state index contributed by atoms with van der Waals surface area (Å²) < 4.78 is 5.90. The van der Waals surface area contributed by atoms with Gasteiger partial charge < -0.3 is 9.73 Å². The SMILES string of the molecule is O=C1C[C@@H]2CC[C@H](CN1)N2Cc1ccc(-c2ccn[nH]2)o1. The molecule has 0 spiro atoms. The van der Waals surface area contributed by atoms with Gasteiger partial charge in [0.15, 0.2) is 5.76 Å². The lowest BCUT2D eigenvalue weighted by molar-refractivity contribution is -0.121. The van der Waals surface area contributed by atoms with Crippen LogP contribution >= 0.6 is 0 Å². The lowest BCUT2D eigenvalue weighted by atomic mass is 10.1. The van der Waals surface area contributed by atoms with E-state index < -0.39 is 0 Å². The molecule has 2 atom stereocenters. The third-order valence-electron chi connectivity index (χ3n) is 4.49. The van der Waals surface area contributed by atoms with E-state index in [-0.39, 0.29) is 5.91 Å². The number of furan rings is 1. The molecule has 2 bridgehead atoms. The number of hydrogen-bond acceptors (Lipinski definition) is 4. The van der Waals surface area contributed by atoms with Gasteiger partial charge in [0.25, 0.3) is 0 Å². The second-order valence-electron chi connectivity index (χ2n) is 5.80. The van der Waals surface area contributed by atoms with Crippen molar-refractivity contribution in [3.05, 3.63) is 30.2 Å². The fourth-order valence-corrected chi connectivity index (χ4v) is 3.41. The lowest BCUT2D eigenvalue weighted by Gasteiger charge is -2.25. The van der Waals surface area contributed by atoms with Crippen molar-refractivity contribution in [3.8, 4) is 11.5 Å². The number of rotatable bonds is 3. The van der Waals surface area contributed by atoms with Crippen LogP contribution in [0.4, 0.5) is 0 Å². The number of carbonyl (C=O) groups is 1. The molecule has 0 radical (unpaired) electrons. The van der Waals surface area contributed by atoms with E-state index in [1.165, 1.54) is 0 Å². The van der Waals surface area contributed by atoms with Gasteiger partial charge in [-0.05, 0) is 31.0 Å². The Kier molecular flexibility index (Phi) is 3.03. The first-order valence-corrected chi connectivity index (χ1v) is 7.40. The number of hydrogen-bond donors (Lipinski definition) is 2. The topological polar surface area (TPSA) is 74.2 Å². The van der Waals surface area contributed by atoms with Crippen LogP contribution in [0.3, 0.4) is 0 Å². The number of H-pyrrole nitrogens is 1. The van der Waals surface area contributed by atoms with Gasteiger partial charge in [-0.15, -0.1) is 0 Å². The number of fused-ring (bicyclic) bond motifs is 2. The van der Waals surface area contributed by atoms with E-state index in [0.717, 1.165) is 43.1 Å². The van der Waals surface area contributed by atoms with Crippen LogP contribution in [0.5, 0.6) is 0 Å². The minimum absolute atomic E-state index is 0.171. The summed E-state index contributed by atoms with van der Waals surface area (Å²) in [7, 11) is 0. The Morgan fingerprint density at radius 3 is 3.05 bits per heavy atom. The predicted octanol–water partition coefficient (Wildman–Crippen LogP) is 1.52. The summed E-state index contributed by atoms with van der Waals surface area (Å²) >= 11 is 0. The Bertz CT molecular complexity index is 634. The Balaban J connectivity index is 1.52. The molecule has 2 N–H and O–H groups in total. The molecule has 4 rings (SSSR count). The number of aromatic nitrogens is 2. The largest absolute Gasteiger partial charge is 0.458 e. The minimum atomic E-state index is 0.171. The van der Waals surface area contributed by atoms with Gasteiger partial charge in [0.05, 0.1) is 6.54 Å². The van der Waals surface area contributed by atoms with E-state index in [1.54, 1.807) is 6.20 Å². The summed E-state index contributed by atoms with van der Waals surface area (Å²) in [5.74, 6) is 1.91. The number of amides is 1. The molecule has 6 heteroatoms. The van der Waals surface area contributed by atoms with Gasteiger partial charge in [-0.2, -0.15) is 5.10 Å². The van der Waals surface area contributed by atoms with E-state index in [9.17, 15) is 4.79 Å².